The van der Waals surface area contributed by atoms with Crippen molar-refractivity contribution in [2.24, 2.45) is 0 Å². The second-order valence-electron chi connectivity index (χ2n) is 5.57. The van der Waals surface area contributed by atoms with Crippen molar-refractivity contribution in [1.82, 2.24) is 0 Å². The van der Waals surface area contributed by atoms with E-state index in [2.05, 4.69) is 4.52 Å². The smallest absolute Gasteiger partial charge is 0.375 e. The first-order chi connectivity index (χ1) is 12.5. The summed E-state index contributed by atoms with van der Waals surface area (Å²) in [6.07, 6.45) is 0. The number of phosphoric acid groups is 1. The highest BCUT2D eigenvalue weighted by Crippen LogP contribution is 2.42. The molecular weight excluding hydrogens is 371 g/mol. The van der Waals surface area contributed by atoms with Gasteiger partial charge in [-0.25, -0.2) is 9.36 Å². The maximum atomic E-state index is 12.2. The lowest BCUT2D eigenvalue weighted by Crippen LogP contribution is -2.14. The van der Waals surface area contributed by atoms with E-state index < -0.39 is 13.8 Å². The molecule has 0 aliphatic carbocycles. The number of phosphoric ester groups is 1. The minimum atomic E-state index is -4.85. The van der Waals surface area contributed by atoms with E-state index in [1.165, 1.54) is 6.07 Å². The van der Waals surface area contributed by atoms with E-state index in [1.54, 1.807) is 18.2 Å². The third-order valence-electron chi connectivity index (χ3n) is 3.76. The van der Waals surface area contributed by atoms with Gasteiger partial charge in [0.1, 0.15) is 10.6 Å². The third-order valence-corrected chi connectivity index (χ3v) is 5.68. The Morgan fingerprint density at radius 1 is 0.885 bits per heavy atom. The Labute approximate surface area is 153 Å². The summed E-state index contributed by atoms with van der Waals surface area (Å²) in [6.45, 7) is 0. The average Bonchev–Trinajstić information content (AvgIpc) is 3.05. The Morgan fingerprint density at radius 3 is 2.35 bits per heavy atom. The van der Waals surface area contributed by atoms with Crippen LogP contribution in [0, 0.1) is 0 Å². The Balaban J connectivity index is 1.53. The van der Waals surface area contributed by atoms with Crippen LogP contribution in [-0.2, 0) is 9.09 Å². The summed E-state index contributed by atoms with van der Waals surface area (Å²) in [5.74, 6) is -0.864. The zero-order chi connectivity index (χ0) is 18.1. The monoisotopic (exact) mass is 383 g/mol. The molecule has 0 fully saturated rings. The van der Waals surface area contributed by atoms with E-state index in [0.29, 0.717) is 0 Å². The van der Waals surface area contributed by atoms with E-state index in [-0.39, 0.29) is 10.6 Å². The summed E-state index contributed by atoms with van der Waals surface area (Å²) in [6, 6.07) is 21.2. The van der Waals surface area contributed by atoms with Crippen LogP contribution >= 0.6 is 19.2 Å². The molecule has 0 saturated heterocycles. The number of fused-ring (bicyclic) bond motifs is 2. The van der Waals surface area contributed by atoms with Crippen molar-refractivity contribution in [3.05, 3.63) is 77.7 Å². The molecule has 3 aromatic carbocycles. The lowest BCUT2D eigenvalue weighted by Gasteiger charge is -2.22. The van der Waals surface area contributed by atoms with Crippen LogP contribution < -0.4 is 9.42 Å². The van der Waals surface area contributed by atoms with E-state index in [9.17, 15) is 14.3 Å². The molecule has 0 radical (unpaired) electrons. The minimum absolute atomic E-state index is 0.0891. The fraction of sp³-hybridized carbons (Fsp3) is 0. The van der Waals surface area contributed by atoms with Crippen LogP contribution in [0.3, 0.4) is 0 Å². The first kappa shape index (κ1) is 16.8. The summed E-state index contributed by atoms with van der Waals surface area (Å²) in [5.41, 5.74) is 0. The molecule has 1 heterocycles. The first-order valence-electron chi connectivity index (χ1n) is 7.72. The first-order valence-corrected chi connectivity index (χ1v) is 10.00. The molecule has 1 aromatic heterocycles. The number of rotatable bonds is 4. The van der Waals surface area contributed by atoms with Crippen LogP contribution in [0.4, 0.5) is 0 Å². The quantitative estimate of drug-likeness (QED) is 0.475. The predicted molar refractivity (Wildman–Crippen MR) is 99.4 cm³/mol. The molecule has 1 unspecified atom stereocenters. The molecule has 4 rings (SSSR count). The van der Waals surface area contributed by atoms with Gasteiger partial charge in [-0.3, -0.25) is 0 Å². The third kappa shape index (κ3) is 3.48. The lowest BCUT2D eigenvalue weighted by atomic mass is 10.1. The standard InChI is InChI=1S/C19H13O5PS/c20-19(18-12-15-7-3-4-8-17(15)26-18)24-25(21,22)23-16-10-9-13-5-1-2-6-14(13)11-16/h1-12H,(H,21,22)/p-1. The van der Waals surface area contributed by atoms with E-state index in [1.807, 2.05) is 48.5 Å². The summed E-state index contributed by atoms with van der Waals surface area (Å²) < 4.78 is 22.5. The number of hydrogen-bond donors (Lipinski definition) is 0. The van der Waals surface area contributed by atoms with Gasteiger partial charge in [-0.05, 0) is 40.4 Å². The van der Waals surface area contributed by atoms with Crippen LogP contribution in [0.5, 0.6) is 5.75 Å². The zero-order valence-corrected chi connectivity index (χ0v) is 15.0. The van der Waals surface area contributed by atoms with Crippen LogP contribution in [0.25, 0.3) is 20.9 Å². The van der Waals surface area contributed by atoms with Crippen molar-refractivity contribution in [2.45, 2.75) is 0 Å². The number of carbonyl (C=O) groups is 1. The van der Waals surface area contributed by atoms with Crippen molar-refractivity contribution < 1.29 is 23.3 Å². The fourth-order valence-electron chi connectivity index (χ4n) is 2.60. The second-order valence-corrected chi connectivity index (χ2v) is 7.92. The lowest BCUT2D eigenvalue weighted by molar-refractivity contribution is -0.211. The molecule has 0 amide bonds. The number of benzene rings is 3. The highest BCUT2D eigenvalue weighted by atomic mass is 32.1. The van der Waals surface area contributed by atoms with E-state index >= 15 is 0 Å². The largest absolute Gasteiger partial charge is 0.736 e. The highest BCUT2D eigenvalue weighted by molar-refractivity contribution is 7.47. The summed E-state index contributed by atoms with van der Waals surface area (Å²) in [4.78, 5) is 24.5. The highest BCUT2D eigenvalue weighted by Gasteiger charge is 2.21. The maximum absolute atomic E-state index is 12.2. The molecule has 130 valence electrons. The topological polar surface area (TPSA) is 75.7 Å². The fourth-order valence-corrected chi connectivity index (χ4v) is 4.31. The van der Waals surface area contributed by atoms with Crippen LogP contribution in [0.1, 0.15) is 9.67 Å². The number of hydrogen-bond acceptors (Lipinski definition) is 6. The van der Waals surface area contributed by atoms with Crippen molar-refractivity contribution in [3.8, 4) is 5.75 Å². The van der Waals surface area contributed by atoms with Crippen molar-refractivity contribution >= 4 is 46.0 Å². The van der Waals surface area contributed by atoms with Gasteiger partial charge in [-0.1, -0.05) is 48.5 Å². The Kier molecular flexibility index (Phi) is 4.24. The normalized spacial score (nSPS) is 13.4. The molecule has 0 bridgehead atoms. The number of thiophene rings is 1. The van der Waals surface area contributed by atoms with Gasteiger partial charge in [0.25, 0.3) is 0 Å². The van der Waals surface area contributed by atoms with Gasteiger partial charge in [0.15, 0.2) is 0 Å². The molecule has 26 heavy (non-hydrogen) atoms. The molecule has 4 aromatic rings. The number of carbonyl (C=O) groups excluding carboxylic acids is 1. The van der Waals surface area contributed by atoms with Crippen molar-refractivity contribution in [3.63, 3.8) is 0 Å². The second kappa shape index (κ2) is 6.57. The molecule has 0 aliphatic rings. The van der Waals surface area contributed by atoms with Gasteiger partial charge in [-0.2, -0.15) is 0 Å². The maximum Gasteiger partial charge on any atom is 0.375 e. The van der Waals surface area contributed by atoms with E-state index in [4.69, 9.17) is 4.52 Å². The predicted octanol–water partition coefficient (Wildman–Crippen LogP) is 4.76. The van der Waals surface area contributed by atoms with Crippen molar-refractivity contribution in [2.75, 3.05) is 0 Å². The minimum Gasteiger partial charge on any atom is -0.736 e. The molecule has 0 N–H and O–H groups in total. The Morgan fingerprint density at radius 2 is 1.58 bits per heavy atom. The van der Waals surface area contributed by atoms with Gasteiger partial charge in [0.2, 0.25) is 0 Å². The molecule has 7 heteroatoms. The van der Waals surface area contributed by atoms with Crippen LogP contribution in [-0.4, -0.2) is 5.97 Å². The summed E-state index contributed by atoms with van der Waals surface area (Å²) in [7, 11) is -4.85. The van der Waals surface area contributed by atoms with Crippen LogP contribution in [0.2, 0.25) is 0 Å². The molecule has 0 aliphatic heterocycles. The van der Waals surface area contributed by atoms with Crippen LogP contribution in [0.15, 0.2) is 72.8 Å². The van der Waals surface area contributed by atoms with Gasteiger partial charge >= 0.3 is 13.8 Å². The summed E-state index contributed by atoms with van der Waals surface area (Å²) >= 11 is 1.16. The molecule has 5 nitrogen and oxygen atoms in total. The average molecular weight is 383 g/mol. The van der Waals surface area contributed by atoms with Gasteiger partial charge in [0, 0.05) is 4.70 Å². The molecular formula is C19H12O5PS-. The van der Waals surface area contributed by atoms with Gasteiger partial charge in [-0.15, -0.1) is 11.3 Å². The molecule has 0 spiro atoms. The molecule has 1 atom stereocenters. The summed E-state index contributed by atoms with van der Waals surface area (Å²) in [5, 5.41) is 2.62. The Hall–Kier alpha value is -2.66. The van der Waals surface area contributed by atoms with Gasteiger partial charge < -0.3 is 13.9 Å². The van der Waals surface area contributed by atoms with Gasteiger partial charge in [0.05, 0.1) is 0 Å². The van der Waals surface area contributed by atoms with Crippen molar-refractivity contribution in [1.29, 1.82) is 0 Å². The Bertz CT molecular complexity index is 1130. The SMILES string of the molecule is O=C(OP(=O)([O-])Oc1ccc2ccccc2c1)c1cc2ccccc2s1. The molecule has 0 saturated carbocycles. The zero-order valence-electron chi connectivity index (χ0n) is 13.3. The van der Waals surface area contributed by atoms with E-state index in [0.717, 1.165) is 32.2 Å².